The average Bonchev–Trinajstić information content (AvgIpc) is 3.06. The summed E-state index contributed by atoms with van der Waals surface area (Å²) >= 11 is 0. The number of aromatic nitrogens is 2. The van der Waals surface area contributed by atoms with Gasteiger partial charge in [0.1, 0.15) is 5.82 Å². The van der Waals surface area contributed by atoms with Crippen molar-refractivity contribution in [2.24, 2.45) is 0 Å². The quantitative estimate of drug-likeness (QED) is 0.789. The van der Waals surface area contributed by atoms with Crippen molar-refractivity contribution in [1.82, 2.24) is 14.5 Å². The lowest BCUT2D eigenvalue weighted by atomic mass is 9.91. The molecule has 1 aliphatic rings. The van der Waals surface area contributed by atoms with E-state index in [0.717, 1.165) is 11.4 Å². The van der Waals surface area contributed by atoms with Gasteiger partial charge in [0.2, 0.25) is 0 Å². The fourth-order valence-electron chi connectivity index (χ4n) is 3.45. The summed E-state index contributed by atoms with van der Waals surface area (Å²) in [7, 11) is 0. The molecule has 2 aromatic rings. The lowest BCUT2D eigenvalue weighted by Crippen LogP contribution is -2.49. The van der Waals surface area contributed by atoms with Gasteiger partial charge in [0.25, 0.3) is 5.91 Å². The van der Waals surface area contributed by atoms with Gasteiger partial charge in [0.15, 0.2) is 18.1 Å². The van der Waals surface area contributed by atoms with Gasteiger partial charge in [-0.3, -0.25) is 4.79 Å². The molecule has 1 aliphatic heterocycles. The van der Waals surface area contributed by atoms with Gasteiger partial charge in [-0.1, -0.05) is 6.07 Å². The maximum Gasteiger partial charge on any atom is 0.260 e. The zero-order valence-corrected chi connectivity index (χ0v) is 16.9. The van der Waals surface area contributed by atoms with Gasteiger partial charge < -0.3 is 24.0 Å². The predicted molar refractivity (Wildman–Crippen MR) is 106 cm³/mol. The highest BCUT2D eigenvalue weighted by atomic mass is 16.5. The van der Waals surface area contributed by atoms with Gasteiger partial charge in [-0.2, -0.15) is 0 Å². The summed E-state index contributed by atoms with van der Waals surface area (Å²) in [5.41, 5.74) is 0.257. The number of amides is 1. The smallest absolute Gasteiger partial charge is 0.260 e. The first-order valence-corrected chi connectivity index (χ1v) is 9.74. The summed E-state index contributed by atoms with van der Waals surface area (Å²) in [6.45, 7) is 7.84. The lowest BCUT2D eigenvalue weighted by Gasteiger charge is -2.38. The molecule has 1 amide bonds. The molecule has 0 aliphatic carbocycles. The van der Waals surface area contributed by atoms with Crippen LogP contribution in [0.4, 0.5) is 0 Å². The van der Waals surface area contributed by atoms with Crippen LogP contribution in [-0.4, -0.2) is 57.4 Å². The van der Waals surface area contributed by atoms with Crippen molar-refractivity contribution in [2.75, 3.05) is 26.3 Å². The third kappa shape index (κ3) is 4.84. The molecule has 152 valence electrons. The Kier molecular flexibility index (Phi) is 6.24. The van der Waals surface area contributed by atoms with Crippen LogP contribution in [0.3, 0.4) is 0 Å². The average molecular weight is 387 g/mol. The number of piperidine rings is 1. The number of carbonyl (C=O) groups excluding carboxylic acids is 1. The molecular formula is C21H29N3O4. The molecule has 1 aromatic carbocycles. The maximum atomic E-state index is 12.6. The first-order chi connectivity index (χ1) is 13.4. The number of imidazole rings is 1. The van der Waals surface area contributed by atoms with Crippen molar-refractivity contribution in [3.05, 3.63) is 42.0 Å². The molecule has 0 spiro atoms. The lowest BCUT2D eigenvalue weighted by molar-refractivity contribution is -0.138. The van der Waals surface area contributed by atoms with E-state index in [4.69, 9.17) is 9.47 Å². The van der Waals surface area contributed by atoms with Gasteiger partial charge in [0.05, 0.1) is 18.8 Å². The van der Waals surface area contributed by atoms with Gasteiger partial charge in [-0.15, -0.1) is 0 Å². The van der Waals surface area contributed by atoms with E-state index in [-0.39, 0.29) is 12.5 Å². The molecular weight excluding hydrogens is 358 g/mol. The van der Waals surface area contributed by atoms with Crippen LogP contribution in [0, 0.1) is 13.8 Å². The molecule has 2 heterocycles. The third-order valence-electron chi connectivity index (χ3n) is 5.19. The Balaban J connectivity index is 1.52. The van der Waals surface area contributed by atoms with Crippen molar-refractivity contribution in [3.63, 3.8) is 0 Å². The molecule has 1 saturated heterocycles. The van der Waals surface area contributed by atoms with E-state index in [1.165, 1.54) is 0 Å². The van der Waals surface area contributed by atoms with E-state index in [9.17, 15) is 9.90 Å². The number of carbonyl (C=O) groups is 1. The van der Waals surface area contributed by atoms with Crippen LogP contribution < -0.4 is 9.47 Å². The van der Waals surface area contributed by atoms with Crippen molar-refractivity contribution in [3.8, 4) is 11.5 Å². The number of nitrogens with zero attached hydrogens (tertiary/aromatic N) is 3. The second-order valence-corrected chi connectivity index (χ2v) is 7.38. The topological polar surface area (TPSA) is 76.8 Å². The van der Waals surface area contributed by atoms with Crippen molar-refractivity contribution in [2.45, 2.75) is 45.8 Å². The molecule has 0 radical (unpaired) electrons. The molecule has 0 saturated carbocycles. The first-order valence-electron chi connectivity index (χ1n) is 9.74. The molecule has 0 unspecified atom stereocenters. The van der Waals surface area contributed by atoms with Crippen LogP contribution in [0.25, 0.3) is 0 Å². The van der Waals surface area contributed by atoms with Crippen LogP contribution in [-0.2, 0) is 11.3 Å². The fourth-order valence-corrected chi connectivity index (χ4v) is 3.45. The highest BCUT2D eigenvalue weighted by Gasteiger charge is 2.34. The highest BCUT2D eigenvalue weighted by molar-refractivity contribution is 5.78. The number of hydrogen-bond donors (Lipinski definition) is 1. The number of rotatable bonds is 7. The predicted octanol–water partition coefficient (Wildman–Crippen LogP) is 2.33. The van der Waals surface area contributed by atoms with Crippen molar-refractivity contribution < 1.29 is 19.4 Å². The minimum atomic E-state index is -0.817. The SMILES string of the molecule is CCOc1cc(C)ccc1OCC(=O)N1CCC(O)(Cn2ccnc2C)CC1. The molecule has 7 heteroatoms. The van der Waals surface area contributed by atoms with Gasteiger partial charge >= 0.3 is 0 Å². The Morgan fingerprint density at radius 1 is 1.21 bits per heavy atom. The van der Waals surface area contributed by atoms with E-state index in [0.29, 0.717) is 50.6 Å². The summed E-state index contributed by atoms with van der Waals surface area (Å²) in [6, 6.07) is 5.67. The van der Waals surface area contributed by atoms with E-state index in [2.05, 4.69) is 4.98 Å². The van der Waals surface area contributed by atoms with Gasteiger partial charge in [-0.05, 0) is 51.3 Å². The third-order valence-corrected chi connectivity index (χ3v) is 5.19. The zero-order valence-electron chi connectivity index (χ0n) is 16.9. The van der Waals surface area contributed by atoms with Crippen LogP contribution in [0.1, 0.15) is 31.2 Å². The fraction of sp³-hybridized carbons (Fsp3) is 0.524. The second kappa shape index (κ2) is 8.65. The Bertz CT molecular complexity index is 810. The summed E-state index contributed by atoms with van der Waals surface area (Å²) < 4.78 is 13.3. The van der Waals surface area contributed by atoms with Crippen LogP contribution in [0.15, 0.2) is 30.6 Å². The monoisotopic (exact) mass is 387 g/mol. The minimum absolute atomic E-state index is 0.0395. The Labute approximate surface area is 165 Å². The Morgan fingerprint density at radius 2 is 1.96 bits per heavy atom. The highest BCUT2D eigenvalue weighted by Crippen LogP contribution is 2.29. The van der Waals surface area contributed by atoms with Crippen LogP contribution in [0.5, 0.6) is 11.5 Å². The van der Waals surface area contributed by atoms with E-state index < -0.39 is 5.60 Å². The molecule has 7 nitrogen and oxygen atoms in total. The molecule has 1 fully saturated rings. The summed E-state index contributed by atoms with van der Waals surface area (Å²) in [5, 5.41) is 10.9. The zero-order chi connectivity index (χ0) is 20.1. The Morgan fingerprint density at radius 3 is 2.61 bits per heavy atom. The second-order valence-electron chi connectivity index (χ2n) is 7.38. The van der Waals surface area contributed by atoms with E-state index >= 15 is 0 Å². The minimum Gasteiger partial charge on any atom is -0.490 e. The standard InChI is InChI=1S/C21H29N3O4/c1-4-27-19-13-16(2)5-6-18(19)28-14-20(25)23-10-7-21(26,8-11-23)15-24-12-9-22-17(24)3/h5-6,9,12-13,26H,4,7-8,10-11,14-15H2,1-3H3. The van der Waals surface area contributed by atoms with Crippen molar-refractivity contribution in [1.29, 1.82) is 0 Å². The van der Waals surface area contributed by atoms with Crippen LogP contribution >= 0.6 is 0 Å². The molecule has 0 bridgehead atoms. The van der Waals surface area contributed by atoms with Crippen molar-refractivity contribution >= 4 is 5.91 Å². The normalized spacial score (nSPS) is 16.1. The number of benzene rings is 1. The number of ether oxygens (including phenoxy) is 2. The summed E-state index contributed by atoms with van der Waals surface area (Å²) in [4.78, 5) is 18.5. The number of hydrogen-bond acceptors (Lipinski definition) is 5. The molecule has 1 aromatic heterocycles. The Hall–Kier alpha value is -2.54. The number of likely N-dealkylation sites (tertiary alicyclic amines) is 1. The summed E-state index contributed by atoms with van der Waals surface area (Å²) in [6.07, 6.45) is 4.67. The summed E-state index contributed by atoms with van der Waals surface area (Å²) in [5.74, 6) is 2.02. The maximum absolute atomic E-state index is 12.6. The molecule has 3 rings (SSSR count). The van der Waals surface area contributed by atoms with Gasteiger partial charge in [-0.25, -0.2) is 4.98 Å². The van der Waals surface area contributed by atoms with Gasteiger partial charge in [0, 0.05) is 25.5 Å². The number of aliphatic hydroxyl groups is 1. The van der Waals surface area contributed by atoms with E-state index in [1.54, 1.807) is 11.1 Å². The number of aryl methyl sites for hydroxylation is 2. The van der Waals surface area contributed by atoms with Crippen LogP contribution in [0.2, 0.25) is 0 Å². The first kappa shape index (κ1) is 20.2. The largest absolute Gasteiger partial charge is 0.490 e. The molecule has 0 atom stereocenters. The molecule has 1 N–H and O–H groups in total. The molecule has 28 heavy (non-hydrogen) atoms. The van der Waals surface area contributed by atoms with E-state index in [1.807, 2.05) is 49.7 Å².